The maximum absolute atomic E-state index is 12.0. The van der Waals surface area contributed by atoms with Crippen molar-refractivity contribution in [2.24, 2.45) is 0 Å². The molecule has 2 amide bonds. The van der Waals surface area contributed by atoms with E-state index in [1.807, 2.05) is 0 Å². The summed E-state index contributed by atoms with van der Waals surface area (Å²) in [6, 6.07) is 11.9. The van der Waals surface area contributed by atoms with Gasteiger partial charge in [-0.1, -0.05) is 35.9 Å². The van der Waals surface area contributed by atoms with Gasteiger partial charge in [-0.05, 0) is 35.4 Å². The van der Waals surface area contributed by atoms with E-state index in [1.54, 1.807) is 24.3 Å². The summed E-state index contributed by atoms with van der Waals surface area (Å²) in [6.07, 6.45) is -4.72. The van der Waals surface area contributed by atoms with E-state index in [0.29, 0.717) is 17.1 Å². The molecule has 0 saturated carbocycles. The Balaban J connectivity index is 1.76. The van der Waals surface area contributed by atoms with Crippen LogP contribution in [-0.4, -0.2) is 12.4 Å². The van der Waals surface area contributed by atoms with Crippen molar-refractivity contribution in [2.75, 3.05) is 0 Å². The van der Waals surface area contributed by atoms with E-state index in [0.717, 1.165) is 5.56 Å². The third kappa shape index (κ3) is 6.37. The van der Waals surface area contributed by atoms with Gasteiger partial charge in [0.15, 0.2) is 0 Å². The van der Waals surface area contributed by atoms with E-state index in [2.05, 4.69) is 15.4 Å². The Morgan fingerprint density at radius 1 is 0.917 bits per heavy atom. The van der Waals surface area contributed by atoms with Crippen LogP contribution in [0.1, 0.15) is 11.1 Å². The zero-order chi connectivity index (χ0) is 17.6. The number of rotatable bonds is 5. The van der Waals surface area contributed by atoms with Gasteiger partial charge in [-0.25, -0.2) is 4.79 Å². The molecule has 128 valence electrons. The third-order valence-electron chi connectivity index (χ3n) is 2.98. The zero-order valence-corrected chi connectivity index (χ0v) is 13.1. The number of hydrogen-bond acceptors (Lipinski definition) is 2. The van der Waals surface area contributed by atoms with Crippen molar-refractivity contribution in [1.82, 2.24) is 10.6 Å². The maximum Gasteiger partial charge on any atom is 0.573 e. The van der Waals surface area contributed by atoms with Crippen LogP contribution in [-0.2, 0) is 13.1 Å². The monoisotopic (exact) mass is 358 g/mol. The van der Waals surface area contributed by atoms with Gasteiger partial charge in [0.2, 0.25) is 0 Å². The molecule has 0 aliphatic heterocycles. The van der Waals surface area contributed by atoms with Crippen LogP contribution in [0.2, 0.25) is 5.02 Å². The molecule has 2 N–H and O–H groups in total. The average Bonchev–Trinajstić information content (AvgIpc) is 2.52. The van der Waals surface area contributed by atoms with Gasteiger partial charge in [-0.2, -0.15) is 0 Å². The number of alkyl halides is 3. The molecule has 0 radical (unpaired) electrons. The van der Waals surface area contributed by atoms with Gasteiger partial charge in [0.1, 0.15) is 5.75 Å². The van der Waals surface area contributed by atoms with E-state index in [4.69, 9.17) is 11.6 Å². The van der Waals surface area contributed by atoms with E-state index in [1.165, 1.54) is 24.3 Å². The standard InChI is InChI=1S/C16H14ClF3N2O2/c17-13-5-1-11(2-6-13)9-21-15(23)22-10-12-3-7-14(8-4-12)24-16(18,19)20/h1-8H,9-10H2,(H2,21,22,23). The van der Waals surface area contributed by atoms with Crippen molar-refractivity contribution in [3.05, 3.63) is 64.7 Å². The summed E-state index contributed by atoms with van der Waals surface area (Å²) in [6.45, 7) is 0.514. The summed E-state index contributed by atoms with van der Waals surface area (Å²) in [4.78, 5) is 11.7. The molecule has 2 aromatic carbocycles. The van der Waals surface area contributed by atoms with Crippen LogP contribution in [0.25, 0.3) is 0 Å². The molecule has 24 heavy (non-hydrogen) atoms. The summed E-state index contributed by atoms with van der Waals surface area (Å²) in [5.74, 6) is -0.307. The number of benzene rings is 2. The minimum atomic E-state index is -4.72. The Bertz CT molecular complexity index is 673. The van der Waals surface area contributed by atoms with Crippen LogP contribution in [0.5, 0.6) is 5.75 Å². The first-order valence-electron chi connectivity index (χ1n) is 6.93. The largest absolute Gasteiger partial charge is 0.573 e. The lowest BCUT2D eigenvalue weighted by atomic mass is 10.2. The number of carbonyl (C=O) groups excluding carboxylic acids is 1. The molecule has 0 heterocycles. The first kappa shape index (κ1) is 17.9. The molecule has 2 aromatic rings. The van der Waals surface area contributed by atoms with Crippen molar-refractivity contribution in [3.63, 3.8) is 0 Å². The SMILES string of the molecule is O=C(NCc1ccc(Cl)cc1)NCc1ccc(OC(F)(F)F)cc1. The third-order valence-corrected chi connectivity index (χ3v) is 3.23. The summed E-state index contributed by atoms with van der Waals surface area (Å²) >= 11 is 5.77. The van der Waals surface area contributed by atoms with Crippen LogP contribution >= 0.6 is 11.6 Å². The number of halogens is 4. The van der Waals surface area contributed by atoms with Gasteiger partial charge >= 0.3 is 12.4 Å². The second-order valence-corrected chi connectivity index (χ2v) is 5.29. The fourth-order valence-electron chi connectivity index (χ4n) is 1.84. The second-order valence-electron chi connectivity index (χ2n) is 4.85. The highest BCUT2D eigenvalue weighted by atomic mass is 35.5. The molecule has 0 atom stereocenters. The highest BCUT2D eigenvalue weighted by Gasteiger charge is 2.30. The Labute approximate surface area is 141 Å². The number of amides is 2. The molecule has 0 unspecified atom stereocenters. The minimum absolute atomic E-state index is 0.179. The van der Waals surface area contributed by atoms with E-state index in [-0.39, 0.29) is 18.3 Å². The second kappa shape index (κ2) is 7.92. The van der Waals surface area contributed by atoms with E-state index in [9.17, 15) is 18.0 Å². The van der Waals surface area contributed by atoms with Crippen LogP contribution in [0.4, 0.5) is 18.0 Å². The topological polar surface area (TPSA) is 50.4 Å². The molecule has 0 aromatic heterocycles. The molecule has 4 nitrogen and oxygen atoms in total. The smallest absolute Gasteiger partial charge is 0.406 e. The fraction of sp³-hybridized carbons (Fsp3) is 0.188. The lowest BCUT2D eigenvalue weighted by molar-refractivity contribution is -0.274. The lowest BCUT2D eigenvalue weighted by Gasteiger charge is -2.10. The van der Waals surface area contributed by atoms with Gasteiger partial charge in [0.05, 0.1) is 0 Å². The summed E-state index contributed by atoms with van der Waals surface area (Å²) < 4.78 is 39.9. The molecule has 0 spiro atoms. The van der Waals surface area contributed by atoms with Crippen LogP contribution < -0.4 is 15.4 Å². The van der Waals surface area contributed by atoms with Crippen molar-refractivity contribution < 1.29 is 22.7 Å². The number of nitrogens with one attached hydrogen (secondary N) is 2. The quantitative estimate of drug-likeness (QED) is 0.840. The van der Waals surface area contributed by atoms with E-state index < -0.39 is 6.36 Å². The minimum Gasteiger partial charge on any atom is -0.406 e. The molecule has 0 aliphatic rings. The molecule has 0 bridgehead atoms. The molecular formula is C16H14ClF3N2O2. The van der Waals surface area contributed by atoms with E-state index >= 15 is 0 Å². The summed E-state index contributed by atoms with van der Waals surface area (Å²) in [5, 5.41) is 5.89. The first-order chi connectivity index (χ1) is 11.3. The van der Waals surface area contributed by atoms with Crippen molar-refractivity contribution >= 4 is 17.6 Å². The molecular weight excluding hydrogens is 345 g/mol. The summed E-state index contributed by atoms with van der Waals surface area (Å²) in [5.41, 5.74) is 1.54. The normalized spacial score (nSPS) is 11.0. The Morgan fingerprint density at radius 3 is 1.83 bits per heavy atom. The predicted octanol–water partition coefficient (Wildman–Crippen LogP) is 4.24. The number of carbonyl (C=O) groups is 1. The average molecular weight is 359 g/mol. The molecule has 2 rings (SSSR count). The van der Waals surface area contributed by atoms with Gasteiger partial charge < -0.3 is 15.4 Å². The Kier molecular flexibility index (Phi) is 5.92. The van der Waals surface area contributed by atoms with Crippen molar-refractivity contribution in [1.29, 1.82) is 0 Å². The predicted molar refractivity (Wildman–Crippen MR) is 83.7 cm³/mol. The Hall–Kier alpha value is -2.41. The van der Waals surface area contributed by atoms with Gasteiger partial charge in [0, 0.05) is 18.1 Å². The first-order valence-corrected chi connectivity index (χ1v) is 7.30. The van der Waals surface area contributed by atoms with Crippen LogP contribution in [0, 0.1) is 0 Å². The molecule has 8 heteroatoms. The highest BCUT2D eigenvalue weighted by molar-refractivity contribution is 6.30. The maximum atomic E-state index is 12.0. The lowest BCUT2D eigenvalue weighted by Crippen LogP contribution is -2.34. The molecule has 0 aliphatic carbocycles. The number of hydrogen-bond donors (Lipinski definition) is 2. The van der Waals surface area contributed by atoms with Crippen molar-refractivity contribution in [3.8, 4) is 5.75 Å². The van der Waals surface area contributed by atoms with Crippen molar-refractivity contribution in [2.45, 2.75) is 19.5 Å². The van der Waals surface area contributed by atoms with Crippen LogP contribution in [0.3, 0.4) is 0 Å². The number of ether oxygens (including phenoxy) is 1. The highest BCUT2D eigenvalue weighted by Crippen LogP contribution is 2.22. The zero-order valence-electron chi connectivity index (χ0n) is 12.4. The number of urea groups is 1. The fourth-order valence-corrected chi connectivity index (χ4v) is 1.96. The van der Waals surface area contributed by atoms with Gasteiger partial charge in [-0.3, -0.25) is 0 Å². The summed E-state index contributed by atoms with van der Waals surface area (Å²) in [7, 11) is 0. The van der Waals surface area contributed by atoms with Crippen LogP contribution in [0.15, 0.2) is 48.5 Å². The Morgan fingerprint density at radius 2 is 1.38 bits per heavy atom. The molecule has 0 fully saturated rings. The van der Waals surface area contributed by atoms with Gasteiger partial charge in [-0.15, -0.1) is 13.2 Å². The molecule has 0 saturated heterocycles. The van der Waals surface area contributed by atoms with Gasteiger partial charge in [0.25, 0.3) is 0 Å².